The minimum absolute atomic E-state index is 0.184. The minimum atomic E-state index is -0.319. The first-order valence-electron chi connectivity index (χ1n) is 7.72. The molecule has 1 aromatic carbocycles. The molecule has 0 aliphatic rings. The third kappa shape index (κ3) is 3.60. The van der Waals surface area contributed by atoms with Gasteiger partial charge < -0.3 is 9.88 Å². The zero-order chi connectivity index (χ0) is 16.9. The van der Waals surface area contributed by atoms with Gasteiger partial charge in [-0.15, -0.1) is 0 Å². The number of aryl methyl sites for hydroxylation is 1. The Morgan fingerprint density at radius 3 is 2.46 bits per heavy atom. The van der Waals surface area contributed by atoms with Gasteiger partial charge in [0.25, 0.3) is 0 Å². The Bertz CT molecular complexity index is 811. The van der Waals surface area contributed by atoms with Crippen molar-refractivity contribution in [2.45, 2.75) is 19.9 Å². The summed E-state index contributed by atoms with van der Waals surface area (Å²) >= 11 is 0. The SMILES string of the molecule is Cc1nccn1[C@H](C)c1ccc(NC(=O)Nc2ccccn2)cc1. The highest BCUT2D eigenvalue weighted by molar-refractivity contribution is 5.99. The van der Waals surface area contributed by atoms with E-state index in [0.29, 0.717) is 5.82 Å². The number of imidazole rings is 1. The highest BCUT2D eigenvalue weighted by Gasteiger charge is 2.10. The quantitative estimate of drug-likeness (QED) is 0.767. The lowest BCUT2D eigenvalue weighted by Crippen LogP contribution is -2.20. The van der Waals surface area contributed by atoms with Gasteiger partial charge in [0.2, 0.25) is 0 Å². The van der Waals surface area contributed by atoms with E-state index in [0.717, 1.165) is 17.1 Å². The summed E-state index contributed by atoms with van der Waals surface area (Å²) in [6.07, 6.45) is 5.39. The maximum atomic E-state index is 12.0. The predicted molar refractivity (Wildman–Crippen MR) is 94.1 cm³/mol. The first-order chi connectivity index (χ1) is 11.6. The van der Waals surface area contributed by atoms with Gasteiger partial charge in [-0.05, 0) is 43.7 Å². The van der Waals surface area contributed by atoms with Crippen LogP contribution in [0.5, 0.6) is 0 Å². The number of urea groups is 1. The molecular formula is C18H19N5O. The van der Waals surface area contributed by atoms with Crippen LogP contribution in [0, 0.1) is 6.92 Å². The normalized spacial score (nSPS) is 11.8. The molecule has 0 saturated heterocycles. The zero-order valence-corrected chi connectivity index (χ0v) is 13.6. The van der Waals surface area contributed by atoms with Crippen molar-refractivity contribution in [3.8, 4) is 0 Å². The number of amides is 2. The molecule has 0 radical (unpaired) electrons. The fourth-order valence-electron chi connectivity index (χ4n) is 2.52. The van der Waals surface area contributed by atoms with Crippen molar-refractivity contribution in [1.82, 2.24) is 14.5 Å². The highest BCUT2D eigenvalue weighted by Crippen LogP contribution is 2.21. The molecule has 0 saturated carbocycles. The Morgan fingerprint density at radius 1 is 1.04 bits per heavy atom. The van der Waals surface area contributed by atoms with E-state index in [-0.39, 0.29) is 12.1 Å². The zero-order valence-electron chi connectivity index (χ0n) is 13.6. The molecule has 1 atom stereocenters. The maximum absolute atomic E-state index is 12.0. The summed E-state index contributed by atoms with van der Waals surface area (Å²) in [5, 5.41) is 5.48. The van der Waals surface area contributed by atoms with Crippen molar-refractivity contribution in [3.05, 3.63) is 72.4 Å². The van der Waals surface area contributed by atoms with Crippen LogP contribution in [0.3, 0.4) is 0 Å². The fourth-order valence-corrected chi connectivity index (χ4v) is 2.52. The van der Waals surface area contributed by atoms with Crippen LogP contribution in [0.4, 0.5) is 16.3 Å². The Labute approximate surface area is 140 Å². The topological polar surface area (TPSA) is 71.8 Å². The van der Waals surface area contributed by atoms with Crippen LogP contribution in [-0.2, 0) is 0 Å². The summed E-state index contributed by atoms with van der Waals surface area (Å²) in [5.41, 5.74) is 1.87. The Morgan fingerprint density at radius 2 is 1.83 bits per heavy atom. The molecule has 0 unspecified atom stereocenters. The fraction of sp³-hybridized carbons (Fsp3) is 0.167. The molecule has 2 N–H and O–H groups in total. The summed E-state index contributed by atoms with van der Waals surface area (Å²) in [6.45, 7) is 4.10. The second kappa shape index (κ2) is 6.95. The monoisotopic (exact) mass is 321 g/mol. The molecule has 122 valence electrons. The number of rotatable bonds is 4. The summed E-state index contributed by atoms with van der Waals surface area (Å²) in [4.78, 5) is 20.3. The van der Waals surface area contributed by atoms with E-state index in [4.69, 9.17) is 0 Å². The standard InChI is InChI=1S/C18H19N5O/c1-13(23-12-11-19-14(23)2)15-6-8-16(9-7-15)21-18(24)22-17-5-3-4-10-20-17/h3-13H,1-2H3,(H2,20,21,22,24)/t13-/m1/s1. The lowest BCUT2D eigenvalue weighted by atomic mass is 10.1. The number of benzene rings is 1. The third-order valence-corrected chi connectivity index (χ3v) is 3.84. The summed E-state index contributed by atoms with van der Waals surface area (Å²) < 4.78 is 2.11. The number of pyridine rings is 1. The van der Waals surface area contributed by atoms with Crippen LogP contribution >= 0.6 is 0 Å². The van der Waals surface area contributed by atoms with Gasteiger partial charge in [0.15, 0.2) is 0 Å². The molecule has 0 fully saturated rings. The van der Waals surface area contributed by atoms with Crippen molar-refractivity contribution in [1.29, 1.82) is 0 Å². The van der Waals surface area contributed by atoms with Crippen molar-refractivity contribution < 1.29 is 4.79 Å². The van der Waals surface area contributed by atoms with Gasteiger partial charge in [-0.3, -0.25) is 5.32 Å². The van der Waals surface area contributed by atoms with Crippen LogP contribution < -0.4 is 10.6 Å². The van der Waals surface area contributed by atoms with E-state index in [9.17, 15) is 4.79 Å². The number of nitrogens with zero attached hydrogens (tertiary/aromatic N) is 3. The van der Waals surface area contributed by atoms with Crippen LogP contribution in [0.1, 0.15) is 24.4 Å². The molecule has 0 bridgehead atoms. The molecule has 2 aromatic heterocycles. The number of carbonyl (C=O) groups is 1. The van der Waals surface area contributed by atoms with Gasteiger partial charge in [0.05, 0.1) is 6.04 Å². The second-order valence-corrected chi connectivity index (χ2v) is 5.47. The molecule has 3 aromatic rings. The van der Waals surface area contributed by atoms with Gasteiger partial charge in [0.1, 0.15) is 11.6 Å². The Hall–Kier alpha value is -3.15. The summed E-state index contributed by atoms with van der Waals surface area (Å²) in [7, 11) is 0. The summed E-state index contributed by atoms with van der Waals surface area (Å²) in [5.74, 6) is 1.48. The number of hydrogen-bond acceptors (Lipinski definition) is 3. The van der Waals surface area contributed by atoms with E-state index in [1.807, 2.05) is 43.5 Å². The molecule has 24 heavy (non-hydrogen) atoms. The lowest BCUT2D eigenvalue weighted by Gasteiger charge is -2.16. The number of carbonyl (C=O) groups excluding carboxylic acids is 1. The Kier molecular flexibility index (Phi) is 4.56. The van der Waals surface area contributed by atoms with Gasteiger partial charge in [-0.2, -0.15) is 0 Å². The lowest BCUT2D eigenvalue weighted by molar-refractivity contribution is 0.262. The first-order valence-corrected chi connectivity index (χ1v) is 7.72. The highest BCUT2D eigenvalue weighted by atomic mass is 16.2. The maximum Gasteiger partial charge on any atom is 0.324 e. The molecule has 0 spiro atoms. The molecule has 0 aliphatic carbocycles. The molecule has 6 heteroatoms. The van der Waals surface area contributed by atoms with E-state index in [1.54, 1.807) is 24.5 Å². The van der Waals surface area contributed by atoms with Crippen molar-refractivity contribution in [2.75, 3.05) is 10.6 Å². The average Bonchev–Trinajstić information content (AvgIpc) is 3.02. The molecule has 3 rings (SSSR count). The molecule has 0 aliphatic heterocycles. The first kappa shape index (κ1) is 15.7. The smallest absolute Gasteiger partial charge is 0.324 e. The second-order valence-electron chi connectivity index (χ2n) is 5.47. The van der Waals surface area contributed by atoms with E-state index < -0.39 is 0 Å². The van der Waals surface area contributed by atoms with E-state index >= 15 is 0 Å². The largest absolute Gasteiger partial charge is 0.328 e. The van der Waals surface area contributed by atoms with Crippen LogP contribution in [0.25, 0.3) is 0 Å². The van der Waals surface area contributed by atoms with Crippen LogP contribution in [0.2, 0.25) is 0 Å². The van der Waals surface area contributed by atoms with E-state index in [2.05, 4.69) is 32.1 Å². The number of aromatic nitrogens is 3. The van der Waals surface area contributed by atoms with Gasteiger partial charge in [0, 0.05) is 24.3 Å². The van der Waals surface area contributed by atoms with Gasteiger partial charge in [-0.25, -0.2) is 14.8 Å². The van der Waals surface area contributed by atoms with Crippen molar-refractivity contribution in [3.63, 3.8) is 0 Å². The number of hydrogen-bond donors (Lipinski definition) is 2. The average molecular weight is 321 g/mol. The van der Waals surface area contributed by atoms with Crippen LogP contribution in [0.15, 0.2) is 61.1 Å². The molecule has 2 heterocycles. The molecular weight excluding hydrogens is 302 g/mol. The van der Waals surface area contributed by atoms with Gasteiger partial charge in [-0.1, -0.05) is 18.2 Å². The molecule has 2 amide bonds. The van der Waals surface area contributed by atoms with E-state index in [1.165, 1.54) is 0 Å². The predicted octanol–water partition coefficient (Wildman–Crippen LogP) is 3.84. The summed E-state index contributed by atoms with van der Waals surface area (Å²) in [6, 6.07) is 13.0. The van der Waals surface area contributed by atoms with Gasteiger partial charge >= 0.3 is 6.03 Å². The number of nitrogens with one attached hydrogen (secondary N) is 2. The Balaban J connectivity index is 1.64. The molecule has 6 nitrogen and oxygen atoms in total. The minimum Gasteiger partial charge on any atom is -0.328 e. The third-order valence-electron chi connectivity index (χ3n) is 3.84. The van der Waals surface area contributed by atoms with Crippen LogP contribution in [-0.4, -0.2) is 20.6 Å². The number of anilines is 2. The van der Waals surface area contributed by atoms with Crippen molar-refractivity contribution in [2.24, 2.45) is 0 Å². The van der Waals surface area contributed by atoms with Crippen molar-refractivity contribution >= 4 is 17.5 Å².